The number of rotatable bonds is 4. The van der Waals surface area contributed by atoms with Gasteiger partial charge in [-0.15, -0.1) is 11.3 Å². The summed E-state index contributed by atoms with van der Waals surface area (Å²) in [6, 6.07) is 75.6. The average Bonchev–Trinajstić information content (AvgIpc) is 4.29. The van der Waals surface area contributed by atoms with Crippen molar-refractivity contribution in [3.05, 3.63) is 229 Å². The lowest BCUT2D eigenvalue weighted by Gasteiger charge is -2.22. The van der Waals surface area contributed by atoms with Gasteiger partial charge in [0.15, 0.2) is 0 Å². The number of aromatic nitrogens is 2. The van der Waals surface area contributed by atoms with Gasteiger partial charge in [-0.3, -0.25) is 0 Å². The molecule has 4 aromatic heterocycles. The first-order chi connectivity index (χ1) is 37.6. The van der Waals surface area contributed by atoms with Crippen LogP contribution in [-0.4, -0.2) is 9.97 Å². The highest BCUT2D eigenvalue weighted by Gasteiger charge is 2.37. The molecule has 0 bridgehead atoms. The summed E-state index contributed by atoms with van der Waals surface area (Å²) >= 11 is 1.73. The van der Waals surface area contributed by atoms with Crippen molar-refractivity contribution in [1.82, 2.24) is 9.97 Å². The third-order valence-corrected chi connectivity index (χ3v) is 18.8. The molecule has 362 valence electrons. The molecule has 77 heavy (non-hydrogen) atoms. The summed E-state index contributed by atoms with van der Waals surface area (Å²) in [7, 11) is 0. The Morgan fingerprint density at radius 3 is 1.13 bits per heavy atom. The fourth-order valence-electron chi connectivity index (χ4n) is 13.5. The zero-order valence-corrected chi connectivity index (χ0v) is 43.6. The monoisotopic (exact) mass is 1000 g/mol. The lowest BCUT2D eigenvalue weighted by molar-refractivity contribution is 0.660. The molecule has 0 saturated carbocycles. The summed E-state index contributed by atoms with van der Waals surface area (Å²) in [4.78, 5) is 13.9. The van der Waals surface area contributed by atoms with Gasteiger partial charge < -0.3 is 8.83 Å². The summed E-state index contributed by atoms with van der Waals surface area (Å²) in [5, 5.41) is 8.83. The smallest absolute Gasteiger partial charge is 0.136 e. The predicted octanol–water partition coefficient (Wildman–Crippen LogP) is 20.2. The zero-order chi connectivity index (χ0) is 51.1. The van der Waals surface area contributed by atoms with E-state index in [-0.39, 0.29) is 10.8 Å². The third kappa shape index (κ3) is 5.98. The van der Waals surface area contributed by atoms with E-state index in [1.54, 1.807) is 11.3 Å². The predicted molar refractivity (Wildman–Crippen MR) is 321 cm³/mol. The number of para-hydroxylation sites is 2. The molecule has 0 radical (unpaired) electrons. The van der Waals surface area contributed by atoms with E-state index in [0.29, 0.717) is 0 Å². The largest absolute Gasteiger partial charge is 0.456 e. The van der Waals surface area contributed by atoms with E-state index in [1.165, 1.54) is 55.6 Å². The summed E-state index contributed by atoms with van der Waals surface area (Å²) in [5.74, 6) is 0. The third-order valence-electron chi connectivity index (χ3n) is 17.5. The first-order valence-corrected chi connectivity index (χ1v) is 27.4. The Balaban J connectivity index is 0.937. The van der Waals surface area contributed by atoms with Gasteiger partial charge >= 0.3 is 0 Å². The van der Waals surface area contributed by atoms with Crippen molar-refractivity contribution in [2.24, 2.45) is 0 Å². The van der Waals surface area contributed by atoms with Crippen molar-refractivity contribution in [3.63, 3.8) is 0 Å². The van der Waals surface area contributed by atoms with Gasteiger partial charge in [-0.05, 0) is 149 Å². The lowest BCUT2D eigenvalue weighted by Crippen LogP contribution is -2.14. The second-order valence-corrected chi connectivity index (χ2v) is 23.4. The normalized spacial score (nSPS) is 14.2. The van der Waals surface area contributed by atoms with Crippen LogP contribution in [0.5, 0.6) is 0 Å². The Bertz CT molecular complexity index is 4800. The minimum atomic E-state index is -0.123. The van der Waals surface area contributed by atoms with Crippen LogP contribution in [0, 0.1) is 0 Å². The van der Waals surface area contributed by atoms with E-state index in [0.717, 1.165) is 119 Å². The van der Waals surface area contributed by atoms with Crippen molar-refractivity contribution in [2.75, 3.05) is 0 Å². The van der Waals surface area contributed by atoms with E-state index in [1.807, 2.05) is 24.3 Å². The number of thiophene rings is 1. The van der Waals surface area contributed by atoms with Crippen molar-refractivity contribution < 1.29 is 8.83 Å². The summed E-state index contributed by atoms with van der Waals surface area (Å²) in [5.41, 5.74) is 24.1. The summed E-state index contributed by atoms with van der Waals surface area (Å²) in [6.07, 6.45) is 0. The molecule has 11 aromatic carbocycles. The molecule has 4 heterocycles. The van der Waals surface area contributed by atoms with Gasteiger partial charge in [0.1, 0.15) is 33.4 Å². The number of nitrogens with zero attached hydrogens (tertiary/aromatic N) is 2. The van der Waals surface area contributed by atoms with E-state index in [2.05, 4.69) is 210 Å². The molecule has 0 amide bonds. The Hall–Kier alpha value is -9.16. The molecule has 15 aromatic rings. The molecule has 2 aliphatic rings. The molecular formula is C72H46N2O2S. The SMILES string of the molecule is CC1(C)c2ccccc2-c2ccc(-c3ccc4c5ccc(-c6ccc7c(c6)C(C)(C)c6ccccc6-7)cc5c5nc6c(-c7ccc8c(c7)oc7ccccc78)sc(-c7ccc8c(c7)oc7ccccc78)c6nc5c4c3)cc21. The van der Waals surface area contributed by atoms with E-state index in [4.69, 9.17) is 18.8 Å². The van der Waals surface area contributed by atoms with Gasteiger partial charge in [-0.25, -0.2) is 9.97 Å². The Labute approximate surface area is 447 Å². The molecule has 4 nitrogen and oxygen atoms in total. The van der Waals surface area contributed by atoms with E-state index < -0.39 is 0 Å². The fourth-order valence-corrected chi connectivity index (χ4v) is 14.7. The molecule has 17 rings (SSSR count). The van der Waals surface area contributed by atoms with Gasteiger partial charge in [0.25, 0.3) is 0 Å². The highest BCUT2D eigenvalue weighted by molar-refractivity contribution is 7.20. The maximum atomic E-state index is 6.54. The molecule has 2 aliphatic carbocycles. The molecule has 0 spiro atoms. The van der Waals surface area contributed by atoms with Gasteiger partial charge in [0.05, 0.1) is 20.8 Å². The van der Waals surface area contributed by atoms with Crippen LogP contribution >= 0.6 is 11.3 Å². The number of furan rings is 2. The maximum absolute atomic E-state index is 6.54. The molecular weight excluding hydrogens is 957 g/mol. The lowest BCUT2D eigenvalue weighted by atomic mass is 9.81. The molecule has 0 atom stereocenters. The van der Waals surface area contributed by atoms with Crippen LogP contribution in [-0.2, 0) is 10.8 Å². The number of benzene rings is 11. The number of fused-ring (bicyclic) bond motifs is 19. The summed E-state index contributed by atoms with van der Waals surface area (Å²) in [6.45, 7) is 9.42. The van der Waals surface area contributed by atoms with Crippen LogP contribution in [0.15, 0.2) is 215 Å². The molecule has 0 fully saturated rings. The molecule has 0 N–H and O–H groups in total. The Morgan fingerprint density at radius 2 is 0.649 bits per heavy atom. The van der Waals surface area contributed by atoms with Crippen molar-refractivity contribution in [3.8, 4) is 65.4 Å². The van der Waals surface area contributed by atoms with Gasteiger partial charge in [0, 0.05) is 43.1 Å². The molecule has 5 heteroatoms. The first kappa shape index (κ1) is 43.1. The first-order valence-electron chi connectivity index (χ1n) is 26.6. The standard InChI is InChI=1S/C72H46N2O2S/c1-71(2)57-17-9-5-13-47(57)49-29-23-41(35-59(49)71)39-21-27-45-46-28-22-40(42-24-30-50-48-14-6-10-18-58(48)72(3,4)60(50)36-42)34-56(46)66-65(55(45)33-39)73-67-68(74-66)70(44-26-32-54-52-16-8-12-20-62(52)76-64(54)38-44)77-69(67)43-25-31-53-51-15-7-11-19-61(51)75-63(53)37-43/h5-38H,1-4H3. The van der Waals surface area contributed by atoms with Crippen LogP contribution < -0.4 is 0 Å². The second-order valence-electron chi connectivity index (χ2n) is 22.4. The Morgan fingerprint density at radius 1 is 0.286 bits per heavy atom. The molecule has 0 unspecified atom stereocenters. The number of hydrogen-bond donors (Lipinski definition) is 0. The second kappa shape index (κ2) is 15.2. The zero-order valence-electron chi connectivity index (χ0n) is 42.7. The van der Waals surface area contributed by atoms with Crippen molar-refractivity contribution in [1.29, 1.82) is 0 Å². The van der Waals surface area contributed by atoms with Crippen LogP contribution in [0.3, 0.4) is 0 Å². The minimum Gasteiger partial charge on any atom is -0.456 e. The van der Waals surface area contributed by atoms with Crippen molar-refractivity contribution in [2.45, 2.75) is 38.5 Å². The quantitative estimate of drug-likeness (QED) is 0.165. The average molecular weight is 1000 g/mol. The van der Waals surface area contributed by atoms with Gasteiger partial charge in [-0.2, -0.15) is 0 Å². The number of hydrogen-bond acceptors (Lipinski definition) is 5. The summed E-state index contributed by atoms with van der Waals surface area (Å²) < 4.78 is 13.1. The van der Waals surface area contributed by atoms with Crippen LogP contribution in [0.25, 0.3) is 153 Å². The maximum Gasteiger partial charge on any atom is 0.136 e. The van der Waals surface area contributed by atoms with Crippen LogP contribution in [0.2, 0.25) is 0 Å². The van der Waals surface area contributed by atoms with Gasteiger partial charge in [0.2, 0.25) is 0 Å². The van der Waals surface area contributed by atoms with Crippen molar-refractivity contribution >= 4 is 98.8 Å². The minimum absolute atomic E-state index is 0.123. The van der Waals surface area contributed by atoms with E-state index in [9.17, 15) is 0 Å². The van der Waals surface area contributed by atoms with Crippen LogP contribution in [0.4, 0.5) is 0 Å². The topological polar surface area (TPSA) is 52.1 Å². The highest BCUT2D eigenvalue weighted by Crippen LogP contribution is 2.53. The Kier molecular flexibility index (Phi) is 8.54. The van der Waals surface area contributed by atoms with Gasteiger partial charge in [-0.1, -0.05) is 173 Å². The molecule has 0 saturated heterocycles. The highest BCUT2D eigenvalue weighted by atomic mass is 32.1. The fraction of sp³-hybridized carbons (Fsp3) is 0.0833. The van der Waals surface area contributed by atoms with Crippen LogP contribution in [0.1, 0.15) is 49.9 Å². The molecule has 0 aliphatic heterocycles. The van der Waals surface area contributed by atoms with E-state index >= 15 is 0 Å².